The molecule has 1 rings (SSSR count). The molecule has 8 heteroatoms. The monoisotopic (exact) mass is 286 g/mol. The van der Waals surface area contributed by atoms with Gasteiger partial charge in [-0.05, 0) is 12.5 Å². The number of rotatable bonds is 6. The molecule has 7 nitrogen and oxygen atoms in total. The van der Waals surface area contributed by atoms with Crippen LogP contribution in [0.15, 0.2) is 18.2 Å². The molecule has 0 fully saturated rings. The first-order valence-electron chi connectivity index (χ1n) is 5.87. The third kappa shape index (κ3) is 4.25. The first-order chi connectivity index (χ1) is 9.32. The van der Waals surface area contributed by atoms with E-state index in [1.54, 1.807) is 0 Å². The van der Waals surface area contributed by atoms with Crippen molar-refractivity contribution in [3.8, 4) is 0 Å². The molecule has 0 saturated heterocycles. The Labute approximate surface area is 114 Å². The molecule has 0 spiro atoms. The second-order valence-corrected chi connectivity index (χ2v) is 4.25. The van der Waals surface area contributed by atoms with Crippen LogP contribution in [0.4, 0.5) is 10.1 Å². The molecule has 0 aliphatic rings. The van der Waals surface area contributed by atoms with Gasteiger partial charge in [-0.15, -0.1) is 0 Å². The summed E-state index contributed by atoms with van der Waals surface area (Å²) in [5.74, 6) is -1.14. The minimum absolute atomic E-state index is 0.0110. The van der Waals surface area contributed by atoms with Crippen molar-refractivity contribution < 1.29 is 24.3 Å². The van der Waals surface area contributed by atoms with Crippen LogP contribution in [-0.2, 0) is 4.79 Å². The summed E-state index contributed by atoms with van der Waals surface area (Å²) in [5, 5.41) is 32.5. The number of hydrogen-bond donors (Lipinski definition) is 3. The smallest absolute Gasteiger partial charge is 0.270 e. The number of aliphatic hydroxyl groups is 2. The highest BCUT2D eigenvalue weighted by Gasteiger charge is 2.23. The maximum Gasteiger partial charge on any atom is 0.270 e. The Morgan fingerprint density at radius 1 is 1.50 bits per heavy atom. The molecule has 0 aliphatic heterocycles. The molecule has 0 bridgehead atoms. The normalized spacial score (nSPS) is 13.6. The molecule has 3 N–H and O–H groups in total. The molecule has 1 amide bonds. The highest BCUT2D eigenvalue weighted by atomic mass is 19.1. The van der Waals surface area contributed by atoms with E-state index in [9.17, 15) is 29.5 Å². The van der Waals surface area contributed by atoms with Crippen LogP contribution in [-0.4, -0.2) is 33.7 Å². The predicted octanol–water partition coefficient (Wildman–Crippen LogP) is 0.654. The lowest BCUT2D eigenvalue weighted by Gasteiger charge is -2.18. The fourth-order valence-corrected chi connectivity index (χ4v) is 1.63. The van der Waals surface area contributed by atoms with Crippen molar-refractivity contribution in [1.82, 2.24) is 5.32 Å². The van der Waals surface area contributed by atoms with E-state index >= 15 is 0 Å². The molecule has 2 atom stereocenters. The number of benzene rings is 1. The van der Waals surface area contributed by atoms with Crippen LogP contribution in [0.5, 0.6) is 0 Å². The summed E-state index contributed by atoms with van der Waals surface area (Å²) >= 11 is 0. The summed E-state index contributed by atoms with van der Waals surface area (Å²) < 4.78 is 13.5. The third-order valence-corrected chi connectivity index (χ3v) is 2.69. The van der Waals surface area contributed by atoms with Gasteiger partial charge < -0.3 is 15.5 Å². The number of non-ortho nitro benzene ring substituents is 1. The van der Waals surface area contributed by atoms with Crippen LogP contribution < -0.4 is 5.32 Å². The van der Waals surface area contributed by atoms with Crippen molar-refractivity contribution >= 4 is 11.6 Å². The summed E-state index contributed by atoms with van der Waals surface area (Å²) in [6.07, 6.45) is -2.97. The highest BCUT2D eigenvalue weighted by Crippen LogP contribution is 2.25. The minimum Gasteiger partial charge on any atom is -0.390 e. The summed E-state index contributed by atoms with van der Waals surface area (Å²) in [6, 6.07) is 2.70. The van der Waals surface area contributed by atoms with Crippen LogP contribution in [0, 0.1) is 15.9 Å². The van der Waals surface area contributed by atoms with E-state index in [0.717, 1.165) is 18.2 Å². The molecule has 0 radical (unpaired) electrons. The average Bonchev–Trinajstić information content (AvgIpc) is 2.37. The van der Waals surface area contributed by atoms with Gasteiger partial charge in [0.05, 0.1) is 11.0 Å². The summed E-state index contributed by atoms with van der Waals surface area (Å²) in [4.78, 5) is 20.5. The first kappa shape index (κ1) is 16.0. The zero-order valence-electron chi connectivity index (χ0n) is 10.7. The fourth-order valence-electron chi connectivity index (χ4n) is 1.63. The van der Waals surface area contributed by atoms with Crippen molar-refractivity contribution in [3.05, 3.63) is 39.7 Å². The molecule has 110 valence electrons. The number of carbonyl (C=O) groups is 1. The molecule has 0 aromatic heterocycles. The lowest BCUT2D eigenvalue weighted by atomic mass is 10.0. The van der Waals surface area contributed by atoms with Gasteiger partial charge in [0.2, 0.25) is 5.91 Å². The lowest BCUT2D eigenvalue weighted by Crippen LogP contribution is -2.28. The van der Waals surface area contributed by atoms with Crippen molar-refractivity contribution in [2.24, 2.45) is 0 Å². The topological polar surface area (TPSA) is 113 Å². The number of halogens is 1. The number of nitrogens with zero attached hydrogens (tertiary/aromatic N) is 1. The molecule has 2 unspecified atom stereocenters. The molecule has 20 heavy (non-hydrogen) atoms. The second kappa shape index (κ2) is 6.92. The van der Waals surface area contributed by atoms with Crippen LogP contribution in [0.3, 0.4) is 0 Å². The zero-order valence-corrected chi connectivity index (χ0v) is 10.7. The third-order valence-electron chi connectivity index (χ3n) is 2.69. The number of nitrogens with one attached hydrogen (secondary N) is 1. The number of aliphatic hydroxyl groups excluding tert-OH is 2. The van der Waals surface area contributed by atoms with Gasteiger partial charge in [-0.2, -0.15) is 0 Å². The van der Waals surface area contributed by atoms with E-state index in [-0.39, 0.29) is 30.1 Å². The Bertz CT molecular complexity index is 509. The number of nitro benzene ring substituents is 1. The van der Waals surface area contributed by atoms with E-state index in [1.165, 1.54) is 6.92 Å². The average molecular weight is 286 g/mol. The molecular weight excluding hydrogens is 271 g/mol. The lowest BCUT2D eigenvalue weighted by molar-refractivity contribution is -0.385. The van der Waals surface area contributed by atoms with E-state index < -0.39 is 22.9 Å². The second-order valence-electron chi connectivity index (χ2n) is 4.25. The first-order valence-corrected chi connectivity index (χ1v) is 5.87. The standard InChI is InChI=1S/C12H15FN2O5/c1-7(16)14-5-4-11(17)12(18)9-6-8(15(19)20)2-3-10(9)13/h2-3,6,11-12,17-18H,4-5H2,1H3,(H,14,16). The quantitative estimate of drug-likeness (QED) is 0.525. The van der Waals surface area contributed by atoms with Crippen molar-refractivity contribution in [1.29, 1.82) is 0 Å². The highest BCUT2D eigenvalue weighted by molar-refractivity contribution is 5.72. The van der Waals surface area contributed by atoms with Crippen LogP contribution in [0.1, 0.15) is 25.0 Å². The summed E-state index contributed by atoms with van der Waals surface area (Å²) in [7, 11) is 0. The van der Waals surface area contributed by atoms with Gasteiger partial charge in [-0.25, -0.2) is 4.39 Å². The Morgan fingerprint density at radius 2 is 2.15 bits per heavy atom. The largest absolute Gasteiger partial charge is 0.390 e. The van der Waals surface area contributed by atoms with Gasteiger partial charge in [0.15, 0.2) is 0 Å². The minimum atomic E-state index is -1.61. The number of nitro groups is 1. The van der Waals surface area contributed by atoms with Crippen molar-refractivity contribution in [2.75, 3.05) is 6.54 Å². The number of carbonyl (C=O) groups excluding carboxylic acids is 1. The maximum atomic E-state index is 13.5. The summed E-state index contributed by atoms with van der Waals surface area (Å²) in [5.41, 5.74) is -0.732. The van der Waals surface area contributed by atoms with Crippen LogP contribution in [0.25, 0.3) is 0 Å². The van der Waals surface area contributed by atoms with Gasteiger partial charge >= 0.3 is 0 Å². The Balaban J connectivity index is 2.79. The summed E-state index contributed by atoms with van der Waals surface area (Å²) in [6.45, 7) is 1.40. The van der Waals surface area contributed by atoms with E-state index in [1.807, 2.05) is 0 Å². The van der Waals surface area contributed by atoms with Gasteiger partial charge in [-0.3, -0.25) is 14.9 Å². The molecule has 1 aromatic rings. The van der Waals surface area contributed by atoms with Crippen molar-refractivity contribution in [3.63, 3.8) is 0 Å². The Kier molecular flexibility index (Phi) is 5.53. The van der Waals surface area contributed by atoms with Gasteiger partial charge in [0.1, 0.15) is 11.9 Å². The zero-order chi connectivity index (χ0) is 15.3. The van der Waals surface area contributed by atoms with Crippen molar-refractivity contribution in [2.45, 2.75) is 25.6 Å². The van der Waals surface area contributed by atoms with Gasteiger partial charge in [0.25, 0.3) is 5.69 Å². The molecule has 0 saturated carbocycles. The Morgan fingerprint density at radius 3 is 2.70 bits per heavy atom. The van der Waals surface area contributed by atoms with Crippen LogP contribution in [0.2, 0.25) is 0 Å². The maximum absolute atomic E-state index is 13.5. The van der Waals surface area contributed by atoms with E-state index in [4.69, 9.17) is 0 Å². The molecule has 1 aromatic carbocycles. The van der Waals surface area contributed by atoms with E-state index in [0.29, 0.717) is 0 Å². The molecule has 0 heterocycles. The van der Waals surface area contributed by atoms with Gasteiger partial charge in [-0.1, -0.05) is 0 Å². The molecule has 0 aliphatic carbocycles. The SMILES string of the molecule is CC(=O)NCCC(O)C(O)c1cc([N+](=O)[O-])ccc1F. The van der Waals surface area contributed by atoms with E-state index in [2.05, 4.69) is 5.32 Å². The molecular formula is C12H15FN2O5. The number of hydrogen-bond acceptors (Lipinski definition) is 5. The Hall–Kier alpha value is -2.06. The van der Waals surface area contributed by atoms with Gasteiger partial charge in [0, 0.05) is 31.2 Å². The fraction of sp³-hybridized carbons (Fsp3) is 0.417. The number of amides is 1. The van der Waals surface area contributed by atoms with Crippen LogP contribution >= 0.6 is 0 Å². The predicted molar refractivity (Wildman–Crippen MR) is 67.3 cm³/mol.